The number of aromatic nitrogens is 2. The third-order valence-electron chi connectivity index (χ3n) is 8.60. The molecule has 0 aromatic carbocycles. The van der Waals surface area contributed by atoms with Crippen molar-refractivity contribution in [2.24, 2.45) is 0 Å². The van der Waals surface area contributed by atoms with E-state index in [2.05, 4.69) is 42.3 Å². The summed E-state index contributed by atoms with van der Waals surface area (Å²) in [6, 6.07) is 0. The molecule has 0 spiro atoms. The fourth-order valence-corrected chi connectivity index (χ4v) is 5.97. The zero-order valence-corrected chi connectivity index (χ0v) is 26.8. The van der Waals surface area contributed by atoms with Crippen LogP contribution in [0.5, 0.6) is 0 Å². The van der Waals surface area contributed by atoms with Gasteiger partial charge in [-0.1, -0.05) is 162 Å². The Hall–Kier alpha value is -0.790. The fourth-order valence-electron chi connectivity index (χ4n) is 5.97. The van der Waals surface area contributed by atoms with Crippen molar-refractivity contribution in [1.82, 2.24) is 4.57 Å². The SMILES string of the molecule is CCCCCCCCCCCCCCCn1cc[n+](CCCCCCCCCCC)c1CCCCCCC. The van der Waals surface area contributed by atoms with Gasteiger partial charge < -0.3 is 0 Å². The van der Waals surface area contributed by atoms with Gasteiger partial charge in [-0.15, -0.1) is 0 Å². The number of imidazole rings is 1. The second-order valence-electron chi connectivity index (χ2n) is 12.3. The molecule has 224 valence electrons. The summed E-state index contributed by atoms with van der Waals surface area (Å²) in [7, 11) is 0. The van der Waals surface area contributed by atoms with Gasteiger partial charge in [0.1, 0.15) is 12.4 Å². The number of aryl methyl sites for hydroxylation is 2. The molecule has 1 aromatic heterocycles. The second-order valence-corrected chi connectivity index (χ2v) is 12.3. The molecule has 0 aliphatic heterocycles. The van der Waals surface area contributed by atoms with Crippen LogP contribution in [0, 0.1) is 0 Å². The lowest BCUT2D eigenvalue weighted by atomic mass is 10.0. The van der Waals surface area contributed by atoms with E-state index in [1.807, 2.05) is 0 Å². The van der Waals surface area contributed by atoms with Crippen LogP contribution in [0.25, 0.3) is 0 Å². The summed E-state index contributed by atoms with van der Waals surface area (Å²) in [6.45, 7) is 9.39. The number of hydrogen-bond donors (Lipinski definition) is 0. The maximum atomic E-state index is 2.62. The zero-order valence-electron chi connectivity index (χ0n) is 26.8. The normalized spacial score (nSPS) is 11.6. The molecule has 1 rings (SSSR count). The van der Waals surface area contributed by atoms with Gasteiger partial charge in [0.15, 0.2) is 0 Å². The molecule has 0 atom stereocenters. The van der Waals surface area contributed by atoms with Crippen LogP contribution in [0.2, 0.25) is 0 Å². The number of nitrogens with zero attached hydrogens (tertiary/aromatic N) is 2. The summed E-state index contributed by atoms with van der Waals surface area (Å²) in [5.41, 5.74) is 0. The Morgan fingerprint density at radius 3 is 1.26 bits per heavy atom. The van der Waals surface area contributed by atoms with Crippen molar-refractivity contribution in [1.29, 1.82) is 0 Å². The van der Waals surface area contributed by atoms with Gasteiger partial charge in [-0.05, 0) is 32.1 Å². The van der Waals surface area contributed by atoms with Crippen molar-refractivity contribution in [2.75, 3.05) is 0 Å². The van der Waals surface area contributed by atoms with Crippen molar-refractivity contribution in [2.45, 2.75) is 214 Å². The largest absolute Gasteiger partial charge is 0.256 e. The fraction of sp³-hybridized carbons (Fsp3) is 0.917. The first kappa shape index (κ1) is 35.2. The van der Waals surface area contributed by atoms with Gasteiger partial charge in [-0.25, -0.2) is 9.13 Å². The van der Waals surface area contributed by atoms with Gasteiger partial charge in [-0.2, -0.15) is 0 Å². The highest BCUT2D eigenvalue weighted by atomic mass is 15.1. The molecule has 0 unspecified atom stereocenters. The summed E-state index contributed by atoms with van der Waals surface area (Å²) in [5.74, 6) is 1.61. The average molecular weight is 532 g/mol. The molecule has 0 aliphatic carbocycles. The summed E-state index contributed by atoms with van der Waals surface area (Å²) in [6.07, 6.45) is 44.4. The monoisotopic (exact) mass is 532 g/mol. The van der Waals surface area contributed by atoms with Crippen LogP contribution < -0.4 is 4.57 Å². The summed E-state index contributed by atoms with van der Waals surface area (Å²) >= 11 is 0. The van der Waals surface area contributed by atoms with Gasteiger partial charge >= 0.3 is 0 Å². The Balaban J connectivity index is 2.24. The lowest BCUT2D eigenvalue weighted by Gasteiger charge is -2.07. The number of rotatable bonds is 30. The molecule has 0 radical (unpaired) electrons. The summed E-state index contributed by atoms with van der Waals surface area (Å²) in [4.78, 5) is 0. The van der Waals surface area contributed by atoms with Crippen LogP contribution in [0.1, 0.15) is 200 Å². The minimum Gasteiger partial charge on any atom is -0.234 e. The van der Waals surface area contributed by atoms with Crippen LogP contribution in [-0.2, 0) is 19.5 Å². The molecule has 1 heterocycles. The molecule has 2 nitrogen and oxygen atoms in total. The number of hydrogen-bond acceptors (Lipinski definition) is 0. The van der Waals surface area contributed by atoms with E-state index in [9.17, 15) is 0 Å². The first-order valence-corrected chi connectivity index (χ1v) is 17.9. The van der Waals surface area contributed by atoms with Gasteiger partial charge in [0.05, 0.1) is 13.1 Å². The van der Waals surface area contributed by atoms with Crippen molar-refractivity contribution in [3.8, 4) is 0 Å². The van der Waals surface area contributed by atoms with E-state index in [0.717, 1.165) is 0 Å². The highest BCUT2D eigenvalue weighted by Gasteiger charge is 2.16. The molecule has 0 bridgehead atoms. The molecular weight excluding hydrogens is 460 g/mol. The molecule has 0 aliphatic rings. The average Bonchev–Trinajstić information content (AvgIpc) is 3.31. The van der Waals surface area contributed by atoms with E-state index in [0.29, 0.717) is 0 Å². The lowest BCUT2D eigenvalue weighted by molar-refractivity contribution is -0.704. The van der Waals surface area contributed by atoms with Crippen molar-refractivity contribution < 1.29 is 4.57 Å². The Labute approximate surface area is 240 Å². The standard InChI is InChI=1S/C36H71N2/c1-4-7-10-13-15-17-18-19-20-22-24-27-30-33-38-35-34-37(36(38)31-28-25-12-9-6-3)32-29-26-23-21-16-14-11-8-5-2/h34-35H,4-33H2,1-3H3/q+1. The second kappa shape index (κ2) is 27.8. The molecule has 2 heteroatoms. The predicted octanol–water partition coefficient (Wildman–Crippen LogP) is 11.9. The highest BCUT2D eigenvalue weighted by Crippen LogP contribution is 2.14. The molecule has 0 fully saturated rings. The van der Waals surface area contributed by atoms with Crippen LogP contribution in [0.15, 0.2) is 12.4 Å². The first-order valence-electron chi connectivity index (χ1n) is 17.9. The van der Waals surface area contributed by atoms with E-state index >= 15 is 0 Å². The molecular formula is C36H71N2+. The summed E-state index contributed by atoms with van der Waals surface area (Å²) in [5, 5.41) is 0. The van der Waals surface area contributed by atoms with Gasteiger partial charge in [0.2, 0.25) is 0 Å². The van der Waals surface area contributed by atoms with Gasteiger partial charge in [-0.3, -0.25) is 0 Å². The van der Waals surface area contributed by atoms with E-state index in [4.69, 9.17) is 0 Å². The van der Waals surface area contributed by atoms with E-state index in [-0.39, 0.29) is 0 Å². The van der Waals surface area contributed by atoms with Crippen LogP contribution in [0.3, 0.4) is 0 Å². The third kappa shape index (κ3) is 20.2. The van der Waals surface area contributed by atoms with Crippen LogP contribution in [-0.4, -0.2) is 4.57 Å². The minimum atomic E-state index is 1.23. The summed E-state index contributed by atoms with van der Waals surface area (Å²) < 4.78 is 5.23. The third-order valence-corrected chi connectivity index (χ3v) is 8.60. The highest BCUT2D eigenvalue weighted by molar-refractivity contribution is 4.84. The topological polar surface area (TPSA) is 8.81 Å². The molecule has 0 saturated heterocycles. The predicted molar refractivity (Wildman–Crippen MR) is 170 cm³/mol. The maximum Gasteiger partial charge on any atom is 0.256 e. The molecule has 38 heavy (non-hydrogen) atoms. The Morgan fingerprint density at radius 1 is 0.447 bits per heavy atom. The van der Waals surface area contributed by atoms with Crippen molar-refractivity contribution in [3.05, 3.63) is 18.2 Å². The first-order chi connectivity index (χ1) is 18.8. The molecule has 1 aromatic rings. The van der Waals surface area contributed by atoms with Crippen molar-refractivity contribution in [3.63, 3.8) is 0 Å². The van der Waals surface area contributed by atoms with Crippen molar-refractivity contribution >= 4 is 0 Å². The molecule has 0 amide bonds. The number of unbranched alkanes of at least 4 members (excludes halogenated alkanes) is 24. The van der Waals surface area contributed by atoms with Crippen LogP contribution in [0.4, 0.5) is 0 Å². The smallest absolute Gasteiger partial charge is 0.234 e. The van der Waals surface area contributed by atoms with E-state index in [1.165, 1.54) is 193 Å². The molecule has 0 N–H and O–H groups in total. The van der Waals surface area contributed by atoms with E-state index in [1.54, 1.807) is 5.82 Å². The van der Waals surface area contributed by atoms with Gasteiger partial charge in [0.25, 0.3) is 5.82 Å². The Bertz CT molecular complexity index is 590. The van der Waals surface area contributed by atoms with Crippen LogP contribution >= 0.6 is 0 Å². The Morgan fingerprint density at radius 2 is 0.816 bits per heavy atom. The Kier molecular flexibility index (Phi) is 25.7. The maximum absolute atomic E-state index is 2.62. The lowest BCUT2D eigenvalue weighted by Crippen LogP contribution is -2.37. The van der Waals surface area contributed by atoms with E-state index < -0.39 is 0 Å². The molecule has 0 saturated carbocycles. The quantitative estimate of drug-likeness (QED) is 0.0689. The minimum absolute atomic E-state index is 1.23. The zero-order chi connectivity index (χ0) is 27.4. The van der Waals surface area contributed by atoms with Gasteiger partial charge in [0, 0.05) is 6.42 Å².